The van der Waals surface area contributed by atoms with E-state index in [0.29, 0.717) is 33.0 Å². The third-order valence-electron chi connectivity index (χ3n) is 5.20. The molecule has 4 rings (SSSR count). The monoisotopic (exact) mass is 472 g/mol. The fourth-order valence-corrected chi connectivity index (χ4v) is 5.51. The quantitative estimate of drug-likeness (QED) is 0.528. The van der Waals surface area contributed by atoms with Crippen molar-refractivity contribution in [3.63, 3.8) is 0 Å². The molecule has 1 aliphatic rings. The van der Waals surface area contributed by atoms with Crippen LogP contribution in [0.3, 0.4) is 0 Å². The second-order valence-corrected chi connectivity index (χ2v) is 10.2. The molecule has 9 nitrogen and oxygen atoms in total. The largest absolute Gasteiger partial charge is 0.302 e. The Morgan fingerprint density at radius 3 is 2.41 bits per heavy atom. The summed E-state index contributed by atoms with van der Waals surface area (Å²) in [6.07, 6.45) is -0.0810. The zero-order valence-electron chi connectivity index (χ0n) is 17.4. The van der Waals surface area contributed by atoms with Gasteiger partial charge in [-0.3, -0.25) is 19.3 Å². The van der Waals surface area contributed by atoms with E-state index in [2.05, 4.69) is 10.3 Å². The van der Waals surface area contributed by atoms with Gasteiger partial charge in [0.2, 0.25) is 15.9 Å². The molecule has 3 aromatic rings. The topological polar surface area (TPSA) is 117 Å². The number of rotatable bonds is 7. The molecule has 0 radical (unpaired) electrons. The number of aromatic nitrogens is 1. The SMILES string of the molecule is CCN(C)S(=O)(=O)c1ccc2nc(NC(=O)CCN3C(=O)c4ccccc4C3=O)sc2c1. The van der Waals surface area contributed by atoms with Crippen molar-refractivity contribution in [2.45, 2.75) is 18.2 Å². The molecule has 32 heavy (non-hydrogen) atoms. The average Bonchev–Trinajstić information content (AvgIpc) is 3.29. The Bertz CT molecular complexity index is 1310. The molecule has 2 heterocycles. The molecule has 3 amide bonds. The van der Waals surface area contributed by atoms with Gasteiger partial charge in [0.1, 0.15) is 0 Å². The number of carbonyl (C=O) groups is 3. The van der Waals surface area contributed by atoms with Crippen molar-refractivity contribution in [1.29, 1.82) is 0 Å². The molecule has 0 atom stereocenters. The van der Waals surface area contributed by atoms with Gasteiger partial charge in [-0.25, -0.2) is 17.7 Å². The molecule has 0 fully saturated rings. The third kappa shape index (κ3) is 3.90. The fraction of sp³-hybridized carbons (Fsp3) is 0.238. The van der Waals surface area contributed by atoms with Crippen molar-refractivity contribution in [3.05, 3.63) is 53.6 Å². The number of imide groups is 1. The van der Waals surface area contributed by atoms with Gasteiger partial charge in [-0.05, 0) is 30.3 Å². The van der Waals surface area contributed by atoms with Crippen LogP contribution in [0.1, 0.15) is 34.1 Å². The Balaban J connectivity index is 1.43. The fourth-order valence-electron chi connectivity index (χ4n) is 3.31. The van der Waals surface area contributed by atoms with E-state index in [0.717, 1.165) is 16.2 Å². The number of hydrogen-bond donors (Lipinski definition) is 1. The number of thiazole rings is 1. The first-order chi connectivity index (χ1) is 15.2. The second-order valence-electron chi connectivity index (χ2n) is 7.17. The Morgan fingerprint density at radius 2 is 1.78 bits per heavy atom. The second kappa shape index (κ2) is 8.41. The average molecular weight is 473 g/mol. The standard InChI is InChI=1S/C21H20N4O5S2/c1-3-24(2)32(29,30)13-8-9-16-17(12-13)31-21(22-16)23-18(26)10-11-25-19(27)14-6-4-5-7-15(14)20(25)28/h4-9,12H,3,10-11H2,1-2H3,(H,22,23,26). The van der Waals surface area contributed by atoms with E-state index in [1.807, 2.05) is 0 Å². The predicted molar refractivity (Wildman–Crippen MR) is 120 cm³/mol. The van der Waals surface area contributed by atoms with Gasteiger partial charge in [-0.15, -0.1) is 0 Å². The van der Waals surface area contributed by atoms with E-state index in [9.17, 15) is 22.8 Å². The summed E-state index contributed by atoms with van der Waals surface area (Å²) in [5.41, 5.74) is 1.23. The molecular weight excluding hydrogens is 452 g/mol. The van der Waals surface area contributed by atoms with Gasteiger partial charge in [-0.2, -0.15) is 0 Å². The van der Waals surface area contributed by atoms with Crippen LogP contribution in [0.15, 0.2) is 47.4 Å². The summed E-state index contributed by atoms with van der Waals surface area (Å²) in [4.78, 5) is 42.7. The molecule has 166 valence electrons. The number of carbonyl (C=O) groups excluding carboxylic acids is 3. The van der Waals surface area contributed by atoms with E-state index in [1.165, 1.54) is 23.5 Å². The van der Waals surface area contributed by atoms with Crippen molar-refractivity contribution < 1.29 is 22.8 Å². The molecule has 0 aliphatic carbocycles. The van der Waals surface area contributed by atoms with E-state index < -0.39 is 27.7 Å². The highest BCUT2D eigenvalue weighted by atomic mass is 32.2. The molecular formula is C21H20N4O5S2. The summed E-state index contributed by atoms with van der Waals surface area (Å²) in [6.45, 7) is 2.05. The van der Waals surface area contributed by atoms with E-state index in [4.69, 9.17) is 0 Å². The van der Waals surface area contributed by atoms with Crippen LogP contribution in [-0.2, 0) is 14.8 Å². The zero-order chi connectivity index (χ0) is 23.0. The summed E-state index contributed by atoms with van der Waals surface area (Å²) < 4.78 is 26.9. The predicted octanol–water partition coefficient (Wildman–Crippen LogP) is 2.56. The van der Waals surface area contributed by atoms with Crippen LogP contribution in [-0.4, -0.2) is 60.5 Å². The number of fused-ring (bicyclic) bond motifs is 2. The van der Waals surface area contributed by atoms with Gasteiger partial charge in [0.15, 0.2) is 5.13 Å². The summed E-state index contributed by atoms with van der Waals surface area (Å²) in [5.74, 6) is -1.23. The van der Waals surface area contributed by atoms with Crippen molar-refractivity contribution in [1.82, 2.24) is 14.2 Å². The normalized spacial score (nSPS) is 13.8. The van der Waals surface area contributed by atoms with Gasteiger partial charge in [0.05, 0.1) is 26.2 Å². The highest BCUT2D eigenvalue weighted by Gasteiger charge is 2.35. The number of nitrogens with one attached hydrogen (secondary N) is 1. The summed E-state index contributed by atoms with van der Waals surface area (Å²) in [5, 5.41) is 2.97. The van der Waals surface area contributed by atoms with Gasteiger partial charge in [0, 0.05) is 26.6 Å². The van der Waals surface area contributed by atoms with Crippen LogP contribution >= 0.6 is 11.3 Å². The number of anilines is 1. The molecule has 0 unspecified atom stereocenters. The summed E-state index contributed by atoms with van der Waals surface area (Å²) >= 11 is 1.15. The van der Waals surface area contributed by atoms with Crippen LogP contribution in [0.2, 0.25) is 0 Å². The smallest absolute Gasteiger partial charge is 0.261 e. The van der Waals surface area contributed by atoms with Crippen molar-refractivity contribution >= 4 is 54.4 Å². The minimum Gasteiger partial charge on any atom is -0.302 e. The maximum atomic E-state index is 12.5. The minimum atomic E-state index is -3.59. The lowest BCUT2D eigenvalue weighted by atomic mass is 10.1. The molecule has 0 saturated carbocycles. The Morgan fingerprint density at radius 1 is 1.12 bits per heavy atom. The van der Waals surface area contributed by atoms with Gasteiger partial charge < -0.3 is 5.32 Å². The van der Waals surface area contributed by atoms with Crippen molar-refractivity contribution in [2.24, 2.45) is 0 Å². The number of benzene rings is 2. The zero-order valence-corrected chi connectivity index (χ0v) is 19.0. The molecule has 0 bridgehead atoms. The molecule has 11 heteroatoms. The number of hydrogen-bond acceptors (Lipinski definition) is 7. The van der Waals surface area contributed by atoms with Gasteiger partial charge in [0.25, 0.3) is 11.8 Å². The molecule has 2 aromatic carbocycles. The molecule has 1 N–H and O–H groups in total. The third-order valence-corrected chi connectivity index (χ3v) is 8.06. The summed E-state index contributed by atoms with van der Waals surface area (Å²) in [7, 11) is -2.08. The number of nitrogens with zero attached hydrogens (tertiary/aromatic N) is 3. The number of sulfonamides is 1. The van der Waals surface area contributed by atoms with Crippen LogP contribution < -0.4 is 5.32 Å². The molecule has 1 aromatic heterocycles. The Hall–Kier alpha value is -3.15. The van der Waals surface area contributed by atoms with Gasteiger partial charge >= 0.3 is 0 Å². The first-order valence-corrected chi connectivity index (χ1v) is 12.1. The minimum absolute atomic E-state index is 0.0468. The number of amides is 3. The van der Waals surface area contributed by atoms with Crippen LogP contribution in [0.25, 0.3) is 10.2 Å². The first-order valence-electron chi connectivity index (χ1n) is 9.84. The van der Waals surface area contributed by atoms with Crippen LogP contribution in [0, 0.1) is 0 Å². The lowest BCUT2D eigenvalue weighted by molar-refractivity contribution is -0.116. The highest BCUT2D eigenvalue weighted by molar-refractivity contribution is 7.89. The van der Waals surface area contributed by atoms with E-state index in [-0.39, 0.29) is 17.9 Å². The lowest BCUT2D eigenvalue weighted by Crippen LogP contribution is -2.32. The maximum absolute atomic E-state index is 12.5. The van der Waals surface area contributed by atoms with Crippen molar-refractivity contribution in [3.8, 4) is 0 Å². The van der Waals surface area contributed by atoms with Crippen LogP contribution in [0.5, 0.6) is 0 Å². The molecule has 0 saturated heterocycles. The van der Waals surface area contributed by atoms with E-state index in [1.54, 1.807) is 37.3 Å². The molecule has 1 aliphatic heterocycles. The highest BCUT2D eigenvalue weighted by Crippen LogP contribution is 2.29. The first kappa shape index (κ1) is 22.1. The van der Waals surface area contributed by atoms with Gasteiger partial charge in [-0.1, -0.05) is 30.4 Å². The Kier molecular flexibility index (Phi) is 5.80. The molecule has 0 spiro atoms. The maximum Gasteiger partial charge on any atom is 0.261 e. The van der Waals surface area contributed by atoms with Crippen molar-refractivity contribution in [2.75, 3.05) is 25.5 Å². The van der Waals surface area contributed by atoms with Crippen LogP contribution in [0.4, 0.5) is 5.13 Å². The lowest BCUT2D eigenvalue weighted by Gasteiger charge is -2.14. The summed E-state index contributed by atoms with van der Waals surface area (Å²) in [6, 6.07) is 11.2. The Labute approximate surface area is 188 Å². The van der Waals surface area contributed by atoms with E-state index >= 15 is 0 Å².